The number of rotatable bonds is 5. The Balaban J connectivity index is 1.54. The summed E-state index contributed by atoms with van der Waals surface area (Å²) < 4.78 is 12.4. The number of ketones is 1. The monoisotopic (exact) mass is 526 g/mol. The molecule has 0 spiro atoms. The number of hydrogen-bond donors (Lipinski definition) is 1. The average Bonchev–Trinajstić information content (AvgIpc) is 3.56. The number of fused-ring (bicyclic) bond motifs is 2. The lowest BCUT2D eigenvalue weighted by molar-refractivity contribution is -0.132. The van der Waals surface area contributed by atoms with Crippen LogP contribution in [-0.4, -0.2) is 34.5 Å². The maximum atomic E-state index is 13.6. The zero-order chi connectivity index (χ0) is 26.6. The van der Waals surface area contributed by atoms with Gasteiger partial charge in [0.05, 0.1) is 28.4 Å². The first kappa shape index (κ1) is 24.2. The molecule has 38 heavy (non-hydrogen) atoms. The summed E-state index contributed by atoms with van der Waals surface area (Å²) in [6, 6.07) is 17.6. The minimum atomic E-state index is -0.875. The number of aryl methyl sites for hydroxylation is 1. The second-order valence-electron chi connectivity index (χ2n) is 9.60. The number of hydrogen-bond acceptors (Lipinski definition) is 7. The molecule has 4 aromatic rings. The van der Waals surface area contributed by atoms with Crippen molar-refractivity contribution < 1.29 is 24.2 Å². The van der Waals surface area contributed by atoms with Gasteiger partial charge in [0.2, 0.25) is 0 Å². The number of Topliss-reactive ketones (excluding diaryl/α,β-unsaturated/α-hetero) is 1. The van der Waals surface area contributed by atoms with E-state index >= 15 is 0 Å². The Morgan fingerprint density at radius 3 is 2.82 bits per heavy atom. The van der Waals surface area contributed by atoms with E-state index in [1.54, 1.807) is 18.2 Å². The van der Waals surface area contributed by atoms with Crippen LogP contribution in [0.2, 0.25) is 0 Å². The Morgan fingerprint density at radius 1 is 1.16 bits per heavy atom. The smallest absolute Gasteiger partial charge is 0.301 e. The van der Waals surface area contributed by atoms with Gasteiger partial charge in [-0.3, -0.25) is 14.5 Å². The highest BCUT2D eigenvalue weighted by molar-refractivity contribution is 7.22. The summed E-state index contributed by atoms with van der Waals surface area (Å²) in [5.41, 5.74) is 3.89. The minimum Gasteiger partial charge on any atom is -0.507 e. The van der Waals surface area contributed by atoms with Crippen molar-refractivity contribution in [1.29, 1.82) is 0 Å². The fraction of sp³-hybridized carbons (Fsp3) is 0.233. The molecule has 0 radical (unpaired) electrons. The van der Waals surface area contributed by atoms with E-state index in [2.05, 4.69) is 0 Å². The summed E-state index contributed by atoms with van der Waals surface area (Å²) in [5.74, 6) is -0.335. The maximum Gasteiger partial charge on any atom is 0.301 e. The number of amides is 1. The van der Waals surface area contributed by atoms with Crippen molar-refractivity contribution >= 4 is 44.1 Å². The molecule has 7 nitrogen and oxygen atoms in total. The molecule has 0 saturated carbocycles. The van der Waals surface area contributed by atoms with Gasteiger partial charge < -0.3 is 14.6 Å². The van der Waals surface area contributed by atoms with Crippen molar-refractivity contribution in [3.8, 4) is 11.5 Å². The number of carbonyl (C=O) groups is 2. The van der Waals surface area contributed by atoms with Gasteiger partial charge in [0.15, 0.2) is 5.13 Å². The van der Waals surface area contributed by atoms with Gasteiger partial charge >= 0.3 is 5.91 Å². The molecule has 2 aliphatic heterocycles. The van der Waals surface area contributed by atoms with Crippen LogP contribution in [-0.2, 0) is 16.0 Å². The highest BCUT2D eigenvalue weighted by Crippen LogP contribution is 2.45. The summed E-state index contributed by atoms with van der Waals surface area (Å²) in [6.45, 7) is 6.33. The van der Waals surface area contributed by atoms with Crippen molar-refractivity contribution in [2.45, 2.75) is 39.3 Å². The molecule has 1 amide bonds. The molecule has 1 aromatic heterocycles. The average molecular weight is 527 g/mol. The molecule has 3 heterocycles. The first-order valence-corrected chi connectivity index (χ1v) is 13.4. The van der Waals surface area contributed by atoms with Crippen LogP contribution in [0.15, 0.2) is 66.2 Å². The fourth-order valence-corrected chi connectivity index (χ4v) is 6.22. The van der Waals surface area contributed by atoms with Crippen molar-refractivity contribution in [3.05, 3.63) is 88.5 Å². The minimum absolute atomic E-state index is 0.0194. The third-order valence-electron chi connectivity index (χ3n) is 6.84. The van der Waals surface area contributed by atoms with Crippen LogP contribution < -0.4 is 14.4 Å². The Bertz CT molecular complexity index is 1640. The molecular weight excluding hydrogens is 500 g/mol. The second kappa shape index (κ2) is 9.29. The second-order valence-corrected chi connectivity index (χ2v) is 10.6. The van der Waals surface area contributed by atoms with Gasteiger partial charge in [-0.05, 0) is 79.9 Å². The summed E-state index contributed by atoms with van der Waals surface area (Å²) >= 11 is 1.34. The van der Waals surface area contributed by atoms with E-state index in [9.17, 15) is 14.7 Å². The number of nitrogens with zero attached hydrogens (tertiary/aromatic N) is 2. The number of ether oxygens (including phenoxy) is 2. The zero-order valence-corrected chi connectivity index (χ0v) is 22.0. The van der Waals surface area contributed by atoms with E-state index in [1.165, 1.54) is 16.2 Å². The summed E-state index contributed by atoms with van der Waals surface area (Å²) in [6.07, 6.45) is 0.743. The lowest BCUT2D eigenvalue weighted by Gasteiger charge is -2.23. The topological polar surface area (TPSA) is 89.0 Å². The van der Waals surface area contributed by atoms with Crippen LogP contribution in [0.25, 0.3) is 16.0 Å². The summed E-state index contributed by atoms with van der Waals surface area (Å²) in [5, 5.41) is 11.9. The van der Waals surface area contributed by atoms with Crippen molar-refractivity contribution in [2.24, 2.45) is 0 Å². The lowest BCUT2D eigenvalue weighted by Crippen LogP contribution is -2.29. The van der Waals surface area contributed by atoms with E-state index in [-0.39, 0.29) is 17.4 Å². The number of thiazole rings is 1. The number of carbonyl (C=O) groups excluding carboxylic acids is 2. The van der Waals surface area contributed by atoms with E-state index in [0.717, 1.165) is 27.1 Å². The van der Waals surface area contributed by atoms with E-state index < -0.39 is 17.7 Å². The highest BCUT2D eigenvalue weighted by Gasteiger charge is 2.48. The van der Waals surface area contributed by atoms with E-state index in [0.29, 0.717) is 35.0 Å². The number of aromatic nitrogens is 1. The van der Waals surface area contributed by atoms with Gasteiger partial charge in [-0.1, -0.05) is 29.5 Å². The molecule has 2 aliphatic rings. The Morgan fingerprint density at radius 2 is 2.00 bits per heavy atom. The van der Waals surface area contributed by atoms with Crippen LogP contribution in [0.3, 0.4) is 0 Å². The molecular formula is C30H26N2O5S. The lowest BCUT2D eigenvalue weighted by atomic mass is 9.94. The molecule has 1 N–H and O–H groups in total. The first-order valence-electron chi connectivity index (χ1n) is 12.5. The van der Waals surface area contributed by atoms with Crippen molar-refractivity contribution in [3.63, 3.8) is 0 Å². The Labute approximate surface area is 224 Å². The number of benzene rings is 3. The third kappa shape index (κ3) is 4.01. The molecule has 6 rings (SSSR count). The zero-order valence-electron chi connectivity index (χ0n) is 21.2. The maximum absolute atomic E-state index is 13.6. The van der Waals surface area contributed by atoms with E-state index in [4.69, 9.17) is 14.5 Å². The quantitative estimate of drug-likeness (QED) is 0.196. The van der Waals surface area contributed by atoms with Gasteiger partial charge in [0.1, 0.15) is 23.4 Å². The molecule has 0 bridgehead atoms. The predicted molar refractivity (Wildman–Crippen MR) is 147 cm³/mol. The van der Waals surface area contributed by atoms with Crippen LogP contribution in [0.1, 0.15) is 42.1 Å². The van der Waals surface area contributed by atoms with Gasteiger partial charge in [-0.15, -0.1) is 0 Å². The normalized spacial score (nSPS) is 20.1. The standard InChI is InChI=1S/C30H26N2O5S/c1-4-36-21-7-5-6-18(15-21)26-25(27(33)19-9-11-23-20(14-19)13-17(3)37-23)28(34)29(35)32(26)30-31-22-10-8-16(2)12-24(22)38-30/h5-12,14-15,17,26,33H,4,13H2,1-3H3/b27-25+/t17-,26-/m1/s1. The van der Waals surface area contributed by atoms with E-state index in [1.807, 2.05) is 63.2 Å². The Hall–Kier alpha value is -4.17. The number of aliphatic hydroxyl groups is 1. The molecule has 1 saturated heterocycles. The molecule has 3 aromatic carbocycles. The molecule has 192 valence electrons. The fourth-order valence-electron chi connectivity index (χ4n) is 5.13. The van der Waals surface area contributed by atoms with Gasteiger partial charge in [0, 0.05) is 12.0 Å². The SMILES string of the molecule is CCOc1cccc([C@@H]2/C(=C(\O)c3ccc4c(c3)C[C@@H](C)O4)C(=O)C(=O)N2c2nc3ccc(C)cc3s2)c1. The first-order chi connectivity index (χ1) is 18.3. The molecule has 0 aliphatic carbocycles. The van der Waals surface area contributed by atoms with Gasteiger partial charge in [0.25, 0.3) is 5.78 Å². The van der Waals surface area contributed by atoms with Crippen molar-refractivity contribution in [1.82, 2.24) is 4.98 Å². The van der Waals surface area contributed by atoms with Crippen LogP contribution in [0.4, 0.5) is 5.13 Å². The Kier molecular flexibility index (Phi) is 5.91. The van der Waals surface area contributed by atoms with Gasteiger partial charge in [-0.2, -0.15) is 0 Å². The predicted octanol–water partition coefficient (Wildman–Crippen LogP) is 5.95. The van der Waals surface area contributed by atoms with Crippen LogP contribution in [0, 0.1) is 6.92 Å². The molecule has 8 heteroatoms. The third-order valence-corrected chi connectivity index (χ3v) is 7.85. The largest absolute Gasteiger partial charge is 0.507 e. The number of aliphatic hydroxyl groups excluding tert-OH is 1. The molecule has 2 atom stereocenters. The molecule has 1 fully saturated rings. The van der Waals surface area contributed by atoms with Gasteiger partial charge in [-0.25, -0.2) is 4.98 Å². The molecule has 0 unspecified atom stereocenters. The van der Waals surface area contributed by atoms with Crippen LogP contribution in [0.5, 0.6) is 11.5 Å². The van der Waals surface area contributed by atoms with Crippen molar-refractivity contribution in [2.75, 3.05) is 11.5 Å². The number of anilines is 1. The van der Waals surface area contributed by atoms with Crippen LogP contribution >= 0.6 is 11.3 Å². The highest BCUT2D eigenvalue weighted by atomic mass is 32.1. The summed E-state index contributed by atoms with van der Waals surface area (Å²) in [7, 11) is 0. The summed E-state index contributed by atoms with van der Waals surface area (Å²) in [4.78, 5) is 33.2.